The highest BCUT2D eigenvalue weighted by atomic mass is 16.6. The predicted molar refractivity (Wildman–Crippen MR) is 62.5 cm³/mol. The van der Waals surface area contributed by atoms with Gasteiger partial charge in [0.2, 0.25) is 6.04 Å². The largest absolute Gasteiger partial charge is 0.393 e. The minimum Gasteiger partial charge on any atom is -0.393 e. The van der Waals surface area contributed by atoms with E-state index in [0.717, 1.165) is 4.57 Å². The lowest BCUT2D eigenvalue weighted by molar-refractivity contribution is -0.527. The molecular formula is C10H13N3O6. The fourth-order valence-electron chi connectivity index (χ4n) is 2.07. The van der Waals surface area contributed by atoms with E-state index in [-0.39, 0.29) is 6.42 Å². The second-order valence-electron chi connectivity index (χ2n) is 4.38. The van der Waals surface area contributed by atoms with Crippen LogP contribution in [-0.4, -0.2) is 38.3 Å². The number of rotatable bonds is 3. The van der Waals surface area contributed by atoms with Crippen molar-refractivity contribution in [3.8, 4) is 0 Å². The fraction of sp³-hybridized carbons (Fsp3) is 0.600. The van der Waals surface area contributed by atoms with E-state index in [9.17, 15) is 19.7 Å². The van der Waals surface area contributed by atoms with Crippen molar-refractivity contribution >= 4 is 0 Å². The number of hydrogen-bond acceptors (Lipinski definition) is 6. The molecule has 1 aliphatic heterocycles. The minimum atomic E-state index is -1.07. The number of nitrogens with one attached hydrogen (secondary N) is 1. The van der Waals surface area contributed by atoms with Crippen molar-refractivity contribution in [3.63, 3.8) is 0 Å². The first-order chi connectivity index (χ1) is 8.93. The van der Waals surface area contributed by atoms with Crippen LogP contribution in [0.5, 0.6) is 0 Å². The van der Waals surface area contributed by atoms with Gasteiger partial charge in [-0.2, -0.15) is 0 Å². The third-order valence-corrected chi connectivity index (χ3v) is 3.11. The highest BCUT2D eigenvalue weighted by molar-refractivity contribution is 5.02. The van der Waals surface area contributed by atoms with Crippen LogP contribution in [0.4, 0.5) is 0 Å². The second kappa shape index (κ2) is 4.94. The van der Waals surface area contributed by atoms with Crippen LogP contribution in [0.3, 0.4) is 0 Å². The Kier molecular flexibility index (Phi) is 3.49. The maximum Gasteiger partial charge on any atom is 0.330 e. The molecule has 3 atom stereocenters. The van der Waals surface area contributed by atoms with E-state index < -0.39 is 41.2 Å². The average molecular weight is 271 g/mol. The molecule has 9 heteroatoms. The molecular weight excluding hydrogens is 258 g/mol. The first kappa shape index (κ1) is 13.4. The number of H-pyrrole nitrogens is 1. The summed E-state index contributed by atoms with van der Waals surface area (Å²) in [5.41, 5.74) is -0.904. The normalized spacial score (nSPS) is 26.5. The van der Waals surface area contributed by atoms with Crippen molar-refractivity contribution in [2.24, 2.45) is 0 Å². The zero-order valence-electron chi connectivity index (χ0n) is 10.1. The lowest BCUT2D eigenvalue weighted by Crippen LogP contribution is -2.33. The highest BCUT2D eigenvalue weighted by Crippen LogP contribution is 2.29. The maximum atomic E-state index is 11.6. The molecule has 0 aliphatic carbocycles. The Morgan fingerprint density at radius 2 is 2.32 bits per heavy atom. The van der Waals surface area contributed by atoms with Gasteiger partial charge in [0.25, 0.3) is 5.56 Å². The molecule has 104 valence electrons. The van der Waals surface area contributed by atoms with Crippen LogP contribution in [0, 0.1) is 17.0 Å². The van der Waals surface area contributed by atoms with E-state index >= 15 is 0 Å². The van der Waals surface area contributed by atoms with E-state index in [1.54, 1.807) is 0 Å². The molecule has 1 aromatic heterocycles. The van der Waals surface area contributed by atoms with Gasteiger partial charge >= 0.3 is 5.69 Å². The first-order valence-electron chi connectivity index (χ1n) is 5.66. The number of aryl methyl sites for hydroxylation is 1. The van der Waals surface area contributed by atoms with Crippen molar-refractivity contribution < 1.29 is 14.8 Å². The van der Waals surface area contributed by atoms with Gasteiger partial charge in [0.05, 0.1) is 13.0 Å². The molecule has 0 spiro atoms. The Bertz CT molecular complexity index is 606. The Labute approximate surface area is 106 Å². The topological polar surface area (TPSA) is 127 Å². The van der Waals surface area contributed by atoms with Gasteiger partial charge in [-0.05, 0) is 6.92 Å². The van der Waals surface area contributed by atoms with E-state index in [2.05, 4.69) is 4.98 Å². The lowest BCUT2D eigenvalue weighted by Gasteiger charge is -2.13. The van der Waals surface area contributed by atoms with Crippen molar-refractivity contribution in [1.82, 2.24) is 9.55 Å². The number of nitro groups is 1. The molecule has 0 aromatic carbocycles. The SMILES string of the molecule is Cc1cn([C@H]2C[C@H]([N+](=O)[O-])[C@@H](CO)O2)c(=O)[nH]c1=O. The van der Waals surface area contributed by atoms with Gasteiger partial charge in [-0.1, -0.05) is 0 Å². The number of nitrogens with zero attached hydrogens (tertiary/aromatic N) is 2. The lowest BCUT2D eigenvalue weighted by atomic mass is 10.1. The highest BCUT2D eigenvalue weighted by Gasteiger charge is 2.44. The molecule has 0 bridgehead atoms. The van der Waals surface area contributed by atoms with Gasteiger partial charge in [0.15, 0.2) is 6.10 Å². The summed E-state index contributed by atoms with van der Waals surface area (Å²) >= 11 is 0. The molecule has 0 unspecified atom stereocenters. The van der Waals surface area contributed by atoms with Crippen LogP contribution in [0.1, 0.15) is 18.2 Å². The molecule has 1 aromatic rings. The van der Waals surface area contributed by atoms with Gasteiger partial charge in [-0.25, -0.2) is 4.79 Å². The van der Waals surface area contributed by atoms with Crippen LogP contribution < -0.4 is 11.2 Å². The number of aliphatic hydroxyl groups is 1. The van der Waals surface area contributed by atoms with Crippen molar-refractivity contribution in [2.45, 2.75) is 31.7 Å². The van der Waals surface area contributed by atoms with Crippen LogP contribution in [0.2, 0.25) is 0 Å². The summed E-state index contributed by atoms with van der Waals surface area (Å²) in [6.45, 7) is 1.01. The van der Waals surface area contributed by atoms with Crippen molar-refractivity contribution in [2.75, 3.05) is 6.61 Å². The van der Waals surface area contributed by atoms with Gasteiger partial charge in [0.1, 0.15) is 6.23 Å². The van der Waals surface area contributed by atoms with Crippen LogP contribution in [0.25, 0.3) is 0 Å². The quantitative estimate of drug-likeness (QED) is 0.523. The molecule has 1 saturated heterocycles. The van der Waals surface area contributed by atoms with Crippen molar-refractivity contribution in [1.29, 1.82) is 0 Å². The van der Waals surface area contributed by atoms with E-state index in [4.69, 9.17) is 9.84 Å². The van der Waals surface area contributed by atoms with Crippen LogP contribution in [0.15, 0.2) is 15.8 Å². The molecule has 9 nitrogen and oxygen atoms in total. The number of aliphatic hydroxyl groups excluding tert-OH is 1. The maximum absolute atomic E-state index is 11.6. The molecule has 19 heavy (non-hydrogen) atoms. The number of aromatic nitrogens is 2. The van der Waals surface area contributed by atoms with Crippen LogP contribution >= 0.6 is 0 Å². The Morgan fingerprint density at radius 3 is 2.84 bits per heavy atom. The fourth-order valence-corrected chi connectivity index (χ4v) is 2.07. The molecule has 1 fully saturated rings. The summed E-state index contributed by atoms with van der Waals surface area (Å²) in [5, 5.41) is 19.9. The summed E-state index contributed by atoms with van der Waals surface area (Å²) < 4.78 is 6.40. The van der Waals surface area contributed by atoms with E-state index in [0.29, 0.717) is 5.56 Å². The second-order valence-corrected chi connectivity index (χ2v) is 4.38. The zero-order chi connectivity index (χ0) is 14.2. The molecule has 2 N–H and O–H groups in total. The zero-order valence-corrected chi connectivity index (χ0v) is 10.1. The third kappa shape index (κ3) is 2.42. The molecule has 1 aliphatic rings. The first-order valence-corrected chi connectivity index (χ1v) is 5.66. The number of ether oxygens (including phenoxy) is 1. The summed E-state index contributed by atoms with van der Waals surface area (Å²) in [6, 6.07) is -1.07. The smallest absolute Gasteiger partial charge is 0.330 e. The monoisotopic (exact) mass is 271 g/mol. The summed E-state index contributed by atoms with van der Waals surface area (Å²) in [7, 11) is 0. The van der Waals surface area contributed by atoms with Crippen molar-refractivity contribution in [3.05, 3.63) is 42.7 Å². The molecule has 2 rings (SSSR count). The van der Waals surface area contributed by atoms with Gasteiger partial charge in [0, 0.05) is 16.7 Å². The Morgan fingerprint density at radius 1 is 1.63 bits per heavy atom. The number of aromatic amines is 1. The predicted octanol–water partition coefficient (Wildman–Crippen LogP) is -1.23. The standard InChI is InChI=1S/C10H13N3O6/c1-5-3-12(10(16)11-9(5)15)8-2-6(13(17)18)7(4-14)19-8/h3,6-8,14H,2,4H2,1H3,(H,11,15,16)/t6-,7+,8+/m0/s1. The molecule has 0 saturated carbocycles. The third-order valence-electron chi connectivity index (χ3n) is 3.11. The van der Waals surface area contributed by atoms with Gasteiger partial charge < -0.3 is 9.84 Å². The molecule has 0 amide bonds. The average Bonchev–Trinajstić information content (AvgIpc) is 2.77. The summed E-state index contributed by atoms with van der Waals surface area (Å²) in [5.74, 6) is 0. The van der Waals surface area contributed by atoms with E-state index in [1.807, 2.05) is 0 Å². The summed E-state index contributed by atoms with van der Waals surface area (Å²) in [6.07, 6.45) is -0.568. The number of hydrogen-bond donors (Lipinski definition) is 2. The Balaban J connectivity index is 2.35. The molecule has 2 heterocycles. The van der Waals surface area contributed by atoms with Gasteiger partial charge in [-0.15, -0.1) is 0 Å². The molecule has 0 radical (unpaired) electrons. The van der Waals surface area contributed by atoms with E-state index in [1.165, 1.54) is 13.1 Å². The summed E-state index contributed by atoms with van der Waals surface area (Å²) in [4.78, 5) is 35.3. The van der Waals surface area contributed by atoms with Crippen LogP contribution in [-0.2, 0) is 4.74 Å². The minimum absolute atomic E-state index is 0.0381. The van der Waals surface area contributed by atoms with Gasteiger partial charge in [-0.3, -0.25) is 24.5 Å². The Hall–Kier alpha value is -2.00.